The topological polar surface area (TPSA) is 89.3 Å². The monoisotopic (exact) mass is 476 g/mol. The number of thiophene rings is 1. The average Bonchev–Trinajstić information content (AvgIpc) is 3.43. The molecule has 1 N–H and O–H groups in total. The van der Waals surface area contributed by atoms with E-state index >= 15 is 0 Å². The molecule has 0 atom stereocenters. The van der Waals surface area contributed by atoms with Gasteiger partial charge in [-0.3, -0.25) is 4.79 Å². The Kier molecular flexibility index (Phi) is 6.83. The van der Waals surface area contributed by atoms with Crippen LogP contribution in [0, 0.1) is 6.92 Å². The second-order valence-corrected chi connectivity index (χ2v) is 11.4. The maximum atomic E-state index is 13.3. The highest BCUT2D eigenvalue weighted by Crippen LogP contribution is 2.36. The minimum Gasteiger partial charge on any atom is -0.428 e. The van der Waals surface area contributed by atoms with Gasteiger partial charge in [0.25, 0.3) is 0 Å². The second-order valence-electron chi connectivity index (χ2n) is 7.60. The molecule has 1 saturated carbocycles. The van der Waals surface area contributed by atoms with Crippen molar-refractivity contribution >= 4 is 38.8 Å². The summed E-state index contributed by atoms with van der Waals surface area (Å²) < 4.78 is 32.4. The molecule has 0 aliphatic heterocycles. The quantitative estimate of drug-likeness (QED) is 0.478. The molecule has 164 valence electrons. The van der Waals surface area contributed by atoms with Gasteiger partial charge in [0, 0.05) is 6.04 Å². The summed E-state index contributed by atoms with van der Waals surface area (Å²) in [5.41, 5.74) is 0.965. The van der Waals surface area contributed by atoms with E-state index in [1.165, 1.54) is 17.8 Å². The molecule has 1 fully saturated rings. The smallest absolute Gasteiger partial charge is 0.238 e. The predicted molar refractivity (Wildman–Crippen MR) is 122 cm³/mol. The molecular weight excluding hydrogens is 452 g/mol. The van der Waals surface area contributed by atoms with Gasteiger partial charge < -0.3 is 9.73 Å². The molecular formula is C22H24N2O4S3. The number of benzene rings is 1. The number of amides is 1. The fraction of sp³-hybridized carbons (Fsp3) is 0.364. The normalized spacial score (nSPS) is 15.1. The first-order valence-electron chi connectivity index (χ1n) is 10.2. The van der Waals surface area contributed by atoms with E-state index in [2.05, 4.69) is 10.3 Å². The molecule has 1 aromatic carbocycles. The fourth-order valence-electron chi connectivity index (χ4n) is 3.54. The zero-order valence-electron chi connectivity index (χ0n) is 17.2. The van der Waals surface area contributed by atoms with Gasteiger partial charge in [-0.15, -0.1) is 11.3 Å². The first-order valence-corrected chi connectivity index (χ1v) is 13.6. The summed E-state index contributed by atoms with van der Waals surface area (Å²) in [7, 11) is -3.88. The van der Waals surface area contributed by atoms with E-state index < -0.39 is 9.84 Å². The third kappa shape index (κ3) is 5.22. The van der Waals surface area contributed by atoms with Gasteiger partial charge in [-0.05, 0) is 43.3 Å². The summed E-state index contributed by atoms with van der Waals surface area (Å²) in [6, 6.07) is 10.5. The maximum Gasteiger partial charge on any atom is 0.238 e. The summed E-state index contributed by atoms with van der Waals surface area (Å²) >= 11 is 2.49. The van der Waals surface area contributed by atoms with Crippen molar-refractivity contribution in [2.45, 2.75) is 60.1 Å². The third-order valence-electron chi connectivity index (χ3n) is 5.19. The van der Waals surface area contributed by atoms with Crippen molar-refractivity contribution in [1.82, 2.24) is 10.3 Å². The zero-order valence-corrected chi connectivity index (χ0v) is 19.6. The van der Waals surface area contributed by atoms with Crippen molar-refractivity contribution in [3.63, 3.8) is 0 Å². The van der Waals surface area contributed by atoms with Crippen LogP contribution < -0.4 is 5.32 Å². The van der Waals surface area contributed by atoms with Crippen molar-refractivity contribution < 1.29 is 17.6 Å². The number of aromatic nitrogens is 1. The SMILES string of the molecule is Cc1ccc(S(=O)(=O)c2nc(-c3cccs3)oc2SCC(=O)NC2CCCCC2)cc1. The largest absolute Gasteiger partial charge is 0.428 e. The number of rotatable bonds is 7. The van der Waals surface area contributed by atoms with Crippen molar-refractivity contribution in [2.24, 2.45) is 0 Å². The predicted octanol–water partition coefficient (Wildman–Crippen LogP) is 5.09. The highest BCUT2D eigenvalue weighted by atomic mass is 32.2. The van der Waals surface area contributed by atoms with E-state index in [1.807, 2.05) is 24.4 Å². The summed E-state index contributed by atoms with van der Waals surface area (Å²) in [6.45, 7) is 1.90. The Labute approximate surface area is 190 Å². The standard InChI is InChI=1S/C22H24N2O4S3/c1-15-9-11-17(12-10-15)31(26,27)21-22(28-20(24-21)18-8-5-13-29-18)30-14-19(25)23-16-6-3-2-4-7-16/h5,8-13,16H,2-4,6-7,14H2,1H3,(H,23,25). The van der Waals surface area contributed by atoms with Crippen LogP contribution in [0.1, 0.15) is 37.7 Å². The molecule has 0 spiro atoms. The first-order chi connectivity index (χ1) is 14.9. The van der Waals surface area contributed by atoms with E-state index in [4.69, 9.17) is 4.42 Å². The van der Waals surface area contributed by atoms with Crippen LogP contribution in [0.15, 0.2) is 61.2 Å². The van der Waals surface area contributed by atoms with Crippen LogP contribution in [0.2, 0.25) is 0 Å². The highest BCUT2D eigenvalue weighted by molar-refractivity contribution is 8.00. The maximum absolute atomic E-state index is 13.3. The minimum absolute atomic E-state index is 0.0754. The summed E-state index contributed by atoms with van der Waals surface area (Å²) in [5.74, 6) is 0.201. The van der Waals surface area contributed by atoms with Crippen molar-refractivity contribution in [2.75, 3.05) is 5.75 Å². The van der Waals surface area contributed by atoms with Crippen LogP contribution in [0.4, 0.5) is 0 Å². The molecule has 0 unspecified atom stereocenters. The third-order valence-corrected chi connectivity index (χ3v) is 8.80. The number of thioether (sulfide) groups is 1. The molecule has 0 radical (unpaired) electrons. The number of hydrogen-bond acceptors (Lipinski definition) is 7. The van der Waals surface area contributed by atoms with E-state index in [1.54, 1.807) is 24.3 Å². The molecule has 1 aliphatic carbocycles. The second kappa shape index (κ2) is 9.58. The molecule has 1 amide bonds. The lowest BCUT2D eigenvalue weighted by Crippen LogP contribution is -2.37. The van der Waals surface area contributed by atoms with Gasteiger partial charge in [-0.2, -0.15) is 4.98 Å². The Morgan fingerprint density at radius 1 is 1.19 bits per heavy atom. The Morgan fingerprint density at radius 2 is 1.94 bits per heavy atom. The fourth-order valence-corrected chi connectivity index (χ4v) is 6.52. The van der Waals surface area contributed by atoms with Crippen molar-refractivity contribution in [3.05, 3.63) is 47.3 Å². The van der Waals surface area contributed by atoms with Crippen LogP contribution in [-0.2, 0) is 14.6 Å². The number of carbonyl (C=O) groups excluding carboxylic acids is 1. The van der Waals surface area contributed by atoms with E-state index in [-0.39, 0.29) is 38.6 Å². The number of carbonyl (C=O) groups is 1. The van der Waals surface area contributed by atoms with Gasteiger partial charge in [0.2, 0.25) is 31.8 Å². The molecule has 31 heavy (non-hydrogen) atoms. The van der Waals surface area contributed by atoms with Crippen molar-refractivity contribution in [3.8, 4) is 10.8 Å². The minimum atomic E-state index is -3.88. The van der Waals surface area contributed by atoms with E-state index in [9.17, 15) is 13.2 Å². The number of aryl methyl sites for hydroxylation is 1. The average molecular weight is 477 g/mol. The Bertz CT molecular complexity index is 1130. The number of hydrogen-bond donors (Lipinski definition) is 1. The lowest BCUT2D eigenvalue weighted by molar-refractivity contribution is -0.119. The van der Waals surface area contributed by atoms with Crippen LogP contribution >= 0.6 is 23.1 Å². The molecule has 6 nitrogen and oxygen atoms in total. The van der Waals surface area contributed by atoms with Gasteiger partial charge in [0.15, 0.2) is 0 Å². The summed E-state index contributed by atoms with van der Waals surface area (Å²) in [5, 5.41) is 4.92. The van der Waals surface area contributed by atoms with Gasteiger partial charge in [0.05, 0.1) is 15.5 Å². The van der Waals surface area contributed by atoms with Crippen LogP contribution in [0.25, 0.3) is 10.8 Å². The van der Waals surface area contributed by atoms with Gasteiger partial charge in [-0.25, -0.2) is 8.42 Å². The van der Waals surface area contributed by atoms with Gasteiger partial charge in [0.1, 0.15) is 0 Å². The molecule has 9 heteroatoms. The lowest BCUT2D eigenvalue weighted by atomic mass is 9.95. The Morgan fingerprint density at radius 3 is 2.61 bits per heavy atom. The zero-order chi connectivity index (χ0) is 21.8. The van der Waals surface area contributed by atoms with Crippen LogP contribution in [0.5, 0.6) is 0 Å². The molecule has 2 aromatic heterocycles. The molecule has 0 saturated heterocycles. The molecule has 1 aliphatic rings. The van der Waals surface area contributed by atoms with E-state index in [0.29, 0.717) is 0 Å². The molecule has 4 rings (SSSR count). The van der Waals surface area contributed by atoms with Gasteiger partial charge in [-0.1, -0.05) is 54.8 Å². The molecule has 0 bridgehead atoms. The van der Waals surface area contributed by atoms with Crippen molar-refractivity contribution in [1.29, 1.82) is 0 Å². The highest BCUT2D eigenvalue weighted by Gasteiger charge is 2.29. The van der Waals surface area contributed by atoms with Gasteiger partial charge >= 0.3 is 0 Å². The number of oxazole rings is 1. The molecule has 2 heterocycles. The van der Waals surface area contributed by atoms with Crippen LogP contribution in [0.3, 0.4) is 0 Å². The molecule has 3 aromatic rings. The number of sulfone groups is 1. The first kappa shape index (κ1) is 22.1. The number of nitrogens with zero attached hydrogens (tertiary/aromatic N) is 1. The summed E-state index contributed by atoms with van der Waals surface area (Å²) in [4.78, 5) is 17.7. The Balaban J connectivity index is 1.58. The van der Waals surface area contributed by atoms with E-state index in [0.717, 1.165) is 47.9 Å². The number of nitrogens with one attached hydrogen (secondary N) is 1. The Hall–Kier alpha value is -2.10. The van der Waals surface area contributed by atoms with Crippen LogP contribution in [-0.4, -0.2) is 31.1 Å². The summed E-state index contributed by atoms with van der Waals surface area (Å²) in [6.07, 6.45) is 5.46. The lowest BCUT2D eigenvalue weighted by Gasteiger charge is -2.22.